The third-order valence-corrected chi connectivity index (χ3v) is 2.38. The van der Waals surface area contributed by atoms with Crippen LogP contribution in [0.1, 0.15) is 6.92 Å². The van der Waals surface area contributed by atoms with Crippen molar-refractivity contribution in [2.75, 3.05) is 53.2 Å². The summed E-state index contributed by atoms with van der Waals surface area (Å²) >= 11 is 0. The van der Waals surface area contributed by atoms with E-state index in [-0.39, 0.29) is 6.54 Å². The number of carbonyl (C=O) groups excluding carboxylic acids is 1. The molecule has 6 nitrogen and oxygen atoms in total. The van der Waals surface area contributed by atoms with Gasteiger partial charge >= 0.3 is 0 Å². The fraction of sp³-hybridized carbons (Fsp3) is 0.917. The molecule has 0 aromatic heterocycles. The molecule has 0 fully saturated rings. The van der Waals surface area contributed by atoms with E-state index in [2.05, 4.69) is 10.6 Å². The lowest BCUT2D eigenvalue weighted by Crippen LogP contribution is -2.33. The van der Waals surface area contributed by atoms with Crippen molar-refractivity contribution >= 4 is 6.41 Å². The Morgan fingerprint density at radius 1 is 1.16 bits per heavy atom. The van der Waals surface area contributed by atoms with Gasteiger partial charge in [-0.05, 0) is 14.0 Å². The number of amides is 1. The summed E-state index contributed by atoms with van der Waals surface area (Å²) in [7, 11) is 1.86. The van der Waals surface area contributed by atoms with E-state index in [1.165, 1.54) is 0 Å². The molecule has 2 atom stereocenters. The number of alkyl halides is 1. The summed E-state index contributed by atoms with van der Waals surface area (Å²) < 4.78 is 29.1. The van der Waals surface area contributed by atoms with Gasteiger partial charge < -0.3 is 24.8 Å². The minimum Gasteiger partial charge on any atom is -0.378 e. The predicted octanol–water partition coefficient (Wildman–Crippen LogP) is -0.272. The quantitative estimate of drug-likeness (QED) is 0.338. The molecular weight excluding hydrogens is 255 g/mol. The second-order valence-electron chi connectivity index (χ2n) is 3.95. The van der Waals surface area contributed by atoms with Gasteiger partial charge in [0.1, 0.15) is 6.17 Å². The fourth-order valence-corrected chi connectivity index (χ4v) is 1.22. The van der Waals surface area contributed by atoms with E-state index >= 15 is 0 Å². The van der Waals surface area contributed by atoms with Gasteiger partial charge in [0.15, 0.2) is 0 Å². The standard InChI is InChI=1S/C12H25FN2O4/c1-11(12(13)9-15-10-16)19-8-7-18-6-5-17-4-3-14-2/h10-12,14H,3-9H2,1-2H3,(H,15,16). The highest BCUT2D eigenvalue weighted by Crippen LogP contribution is 2.02. The van der Waals surface area contributed by atoms with Crippen molar-refractivity contribution in [2.45, 2.75) is 19.2 Å². The van der Waals surface area contributed by atoms with E-state index in [1.54, 1.807) is 6.92 Å². The monoisotopic (exact) mass is 280 g/mol. The van der Waals surface area contributed by atoms with Crippen molar-refractivity contribution in [3.8, 4) is 0 Å². The molecule has 0 aromatic rings. The third kappa shape index (κ3) is 12.0. The van der Waals surface area contributed by atoms with Crippen LogP contribution in [0.15, 0.2) is 0 Å². The van der Waals surface area contributed by atoms with Crippen LogP contribution in [0.5, 0.6) is 0 Å². The summed E-state index contributed by atoms with van der Waals surface area (Å²) in [6.07, 6.45) is -1.31. The molecule has 0 aromatic carbocycles. The normalized spacial score (nSPS) is 14.1. The van der Waals surface area contributed by atoms with Crippen molar-refractivity contribution in [2.24, 2.45) is 0 Å². The Balaban J connectivity index is 3.26. The van der Waals surface area contributed by atoms with Crippen LogP contribution in [0.2, 0.25) is 0 Å². The molecule has 0 heterocycles. The number of carbonyl (C=O) groups is 1. The van der Waals surface area contributed by atoms with Crippen molar-refractivity contribution in [3.63, 3.8) is 0 Å². The van der Waals surface area contributed by atoms with Crippen LogP contribution < -0.4 is 10.6 Å². The molecule has 2 N–H and O–H groups in total. The second-order valence-corrected chi connectivity index (χ2v) is 3.95. The van der Waals surface area contributed by atoms with Crippen LogP contribution in [0, 0.1) is 0 Å². The second kappa shape index (κ2) is 13.7. The highest BCUT2D eigenvalue weighted by atomic mass is 19.1. The SMILES string of the molecule is CNCCOCCOCCOC(C)C(F)CNC=O. The van der Waals surface area contributed by atoms with Gasteiger partial charge in [0.2, 0.25) is 6.41 Å². The Labute approximate surface area is 114 Å². The Kier molecular flexibility index (Phi) is 13.1. The van der Waals surface area contributed by atoms with E-state index in [0.717, 1.165) is 6.54 Å². The highest BCUT2D eigenvalue weighted by Gasteiger charge is 2.15. The molecule has 0 spiro atoms. The van der Waals surface area contributed by atoms with Gasteiger partial charge in [-0.3, -0.25) is 4.79 Å². The molecule has 0 radical (unpaired) electrons. The molecule has 19 heavy (non-hydrogen) atoms. The molecule has 0 aliphatic carbocycles. The van der Waals surface area contributed by atoms with E-state index in [0.29, 0.717) is 39.4 Å². The van der Waals surface area contributed by atoms with E-state index in [9.17, 15) is 9.18 Å². The summed E-state index contributed by atoms with van der Waals surface area (Å²) in [6, 6.07) is 0. The zero-order valence-electron chi connectivity index (χ0n) is 11.7. The summed E-state index contributed by atoms with van der Waals surface area (Å²) in [6.45, 7) is 4.79. The van der Waals surface area contributed by atoms with Crippen molar-refractivity contribution in [3.05, 3.63) is 0 Å². The maximum atomic E-state index is 13.3. The molecule has 0 aliphatic rings. The fourth-order valence-electron chi connectivity index (χ4n) is 1.22. The smallest absolute Gasteiger partial charge is 0.207 e. The highest BCUT2D eigenvalue weighted by molar-refractivity contribution is 5.45. The minimum atomic E-state index is -1.21. The lowest BCUT2D eigenvalue weighted by molar-refractivity contribution is -0.110. The number of ether oxygens (including phenoxy) is 3. The first-order chi connectivity index (χ1) is 9.22. The van der Waals surface area contributed by atoms with Crippen LogP contribution in [0.4, 0.5) is 4.39 Å². The number of likely N-dealkylation sites (N-methyl/N-ethyl adjacent to an activating group) is 1. The minimum absolute atomic E-state index is 0.0369. The molecule has 0 saturated carbocycles. The van der Waals surface area contributed by atoms with Gasteiger partial charge in [-0.1, -0.05) is 0 Å². The maximum Gasteiger partial charge on any atom is 0.207 e. The molecular formula is C12H25FN2O4. The molecule has 2 unspecified atom stereocenters. The Bertz CT molecular complexity index is 210. The average Bonchev–Trinajstić information content (AvgIpc) is 2.42. The van der Waals surface area contributed by atoms with Gasteiger partial charge in [0, 0.05) is 6.54 Å². The summed E-state index contributed by atoms with van der Waals surface area (Å²) in [5.74, 6) is 0. The van der Waals surface area contributed by atoms with Crippen LogP contribution in [-0.4, -0.2) is 71.9 Å². The molecule has 1 amide bonds. The van der Waals surface area contributed by atoms with E-state index in [4.69, 9.17) is 14.2 Å². The first-order valence-electron chi connectivity index (χ1n) is 6.45. The van der Waals surface area contributed by atoms with Crippen LogP contribution in [-0.2, 0) is 19.0 Å². The van der Waals surface area contributed by atoms with Gasteiger partial charge in [-0.15, -0.1) is 0 Å². The van der Waals surface area contributed by atoms with Crippen LogP contribution >= 0.6 is 0 Å². The Morgan fingerprint density at radius 2 is 1.79 bits per heavy atom. The third-order valence-electron chi connectivity index (χ3n) is 2.38. The summed E-state index contributed by atoms with van der Waals surface area (Å²) in [4.78, 5) is 10.0. The predicted molar refractivity (Wildman–Crippen MR) is 69.9 cm³/mol. The first-order valence-corrected chi connectivity index (χ1v) is 6.45. The lowest BCUT2D eigenvalue weighted by atomic mass is 10.2. The molecule has 114 valence electrons. The van der Waals surface area contributed by atoms with E-state index < -0.39 is 12.3 Å². The lowest BCUT2D eigenvalue weighted by Gasteiger charge is -2.17. The zero-order chi connectivity index (χ0) is 14.3. The topological polar surface area (TPSA) is 68.8 Å². The maximum absolute atomic E-state index is 13.3. The summed E-state index contributed by atoms with van der Waals surface area (Å²) in [5.41, 5.74) is 0. The van der Waals surface area contributed by atoms with E-state index in [1.807, 2.05) is 7.05 Å². The number of rotatable bonds is 14. The average molecular weight is 280 g/mol. The molecule has 0 aliphatic heterocycles. The van der Waals surface area contributed by atoms with Gasteiger partial charge in [0.25, 0.3) is 0 Å². The molecule has 0 rings (SSSR count). The van der Waals surface area contributed by atoms with Crippen molar-refractivity contribution in [1.82, 2.24) is 10.6 Å². The Hall–Kier alpha value is -0.760. The number of nitrogens with one attached hydrogen (secondary N) is 2. The van der Waals surface area contributed by atoms with Crippen molar-refractivity contribution < 1.29 is 23.4 Å². The number of hydrogen-bond donors (Lipinski definition) is 2. The molecule has 7 heteroatoms. The van der Waals surface area contributed by atoms with Crippen LogP contribution in [0.25, 0.3) is 0 Å². The summed E-state index contributed by atoms with van der Waals surface area (Å²) in [5, 5.41) is 5.24. The zero-order valence-corrected chi connectivity index (χ0v) is 11.7. The van der Waals surface area contributed by atoms with Crippen LogP contribution in [0.3, 0.4) is 0 Å². The van der Waals surface area contributed by atoms with Crippen molar-refractivity contribution in [1.29, 1.82) is 0 Å². The Morgan fingerprint density at radius 3 is 2.42 bits per heavy atom. The molecule has 0 saturated heterocycles. The van der Waals surface area contributed by atoms with Gasteiger partial charge in [-0.2, -0.15) is 0 Å². The van der Waals surface area contributed by atoms with Gasteiger partial charge in [0.05, 0.1) is 45.7 Å². The number of hydrogen-bond acceptors (Lipinski definition) is 5. The van der Waals surface area contributed by atoms with Gasteiger partial charge in [-0.25, -0.2) is 4.39 Å². The number of halogens is 1. The molecule has 0 bridgehead atoms. The first kappa shape index (κ1) is 18.2. The largest absolute Gasteiger partial charge is 0.378 e.